The fourth-order valence-corrected chi connectivity index (χ4v) is 2.67. The lowest BCUT2D eigenvalue weighted by molar-refractivity contribution is -0.142. The Hall–Kier alpha value is -1.59. The lowest BCUT2D eigenvalue weighted by Gasteiger charge is -2.16. The second kappa shape index (κ2) is 13.8. The van der Waals surface area contributed by atoms with Crippen molar-refractivity contribution in [3.05, 3.63) is 0 Å². The fourth-order valence-electron chi connectivity index (χ4n) is 2.67. The van der Waals surface area contributed by atoms with Gasteiger partial charge in [-0.2, -0.15) is 0 Å². The second-order valence-electron chi connectivity index (χ2n) is 6.68. The van der Waals surface area contributed by atoms with E-state index in [-0.39, 0.29) is 24.7 Å². The van der Waals surface area contributed by atoms with Gasteiger partial charge in [0.05, 0.1) is 0 Å². The maximum Gasteiger partial charge on any atom is 0.326 e. The van der Waals surface area contributed by atoms with Crippen molar-refractivity contribution in [3.8, 4) is 0 Å². The standard InChI is InChI=1S/C18H34N2O4/c1-3-4-5-6-7-8-9-10-14(2)13-17(22)20-15(18(23)24)11-12-16(19)21/h14-15H,3-13H2,1-2H3,(H2,19,21)(H,20,22)(H,23,24)/t14?,15-/m0/s1. The van der Waals surface area contributed by atoms with Crippen LogP contribution < -0.4 is 11.1 Å². The molecule has 0 saturated heterocycles. The molecule has 0 aromatic carbocycles. The number of carbonyl (C=O) groups is 3. The number of primary amides is 1. The summed E-state index contributed by atoms with van der Waals surface area (Å²) in [5.74, 6) is -1.75. The third-order valence-corrected chi connectivity index (χ3v) is 4.15. The Morgan fingerprint density at radius 2 is 1.58 bits per heavy atom. The van der Waals surface area contributed by atoms with Crippen molar-refractivity contribution in [1.29, 1.82) is 0 Å². The predicted molar refractivity (Wildman–Crippen MR) is 94.4 cm³/mol. The topological polar surface area (TPSA) is 109 Å². The van der Waals surface area contributed by atoms with Crippen LogP contribution in [0.1, 0.15) is 84.5 Å². The Kier molecular flexibility index (Phi) is 12.9. The molecule has 0 saturated carbocycles. The minimum Gasteiger partial charge on any atom is -0.480 e. The van der Waals surface area contributed by atoms with Crippen molar-refractivity contribution >= 4 is 17.8 Å². The molecule has 0 aliphatic heterocycles. The summed E-state index contributed by atoms with van der Waals surface area (Å²) in [4.78, 5) is 33.8. The number of amides is 2. The first-order chi connectivity index (χ1) is 11.4. The molecule has 6 heteroatoms. The van der Waals surface area contributed by atoms with E-state index >= 15 is 0 Å². The maximum absolute atomic E-state index is 11.9. The van der Waals surface area contributed by atoms with Crippen molar-refractivity contribution in [2.45, 2.75) is 90.5 Å². The summed E-state index contributed by atoms with van der Waals surface area (Å²) in [6, 6.07) is -1.05. The van der Waals surface area contributed by atoms with Crippen LogP contribution in [0.5, 0.6) is 0 Å². The molecule has 140 valence electrons. The van der Waals surface area contributed by atoms with Crippen LogP contribution in [0.25, 0.3) is 0 Å². The van der Waals surface area contributed by atoms with Crippen LogP contribution in [0.4, 0.5) is 0 Å². The average Bonchev–Trinajstić information content (AvgIpc) is 2.50. The molecule has 0 aromatic heterocycles. The van der Waals surface area contributed by atoms with E-state index in [1.807, 2.05) is 6.92 Å². The Bertz CT molecular complexity index is 385. The number of carboxylic acid groups (broad SMARTS) is 1. The van der Waals surface area contributed by atoms with Crippen molar-refractivity contribution in [1.82, 2.24) is 5.32 Å². The molecule has 0 bridgehead atoms. The van der Waals surface area contributed by atoms with E-state index in [9.17, 15) is 14.4 Å². The summed E-state index contributed by atoms with van der Waals surface area (Å²) in [6.45, 7) is 4.21. The summed E-state index contributed by atoms with van der Waals surface area (Å²) < 4.78 is 0. The van der Waals surface area contributed by atoms with Crippen molar-refractivity contribution in [2.24, 2.45) is 11.7 Å². The molecule has 2 atom stereocenters. The molecular weight excluding hydrogens is 308 g/mol. The number of nitrogens with two attached hydrogens (primary N) is 1. The lowest BCUT2D eigenvalue weighted by Crippen LogP contribution is -2.41. The Labute approximate surface area is 145 Å². The zero-order valence-corrected chi connectivity index (χ0v) is 15.2. The molecule has 0 aliphatic rings. The van der Waals surface area contributed by atoms with Crippen molar-refractivity contribution in [2.75, 3.05) is 0 Å². The highest BCUT2D eigenvalue weighted by Crippen LogP contribution is 2.15. The molecule has 1 unspecified atom stereocenters. The van der Waals surface area contributed by atoms with Gasteiger partial charge in [-0.05, 0) is 12.3 Å². The Morgan fingerprint density at radius 1 is 1.00 bits per heavy atom. The van der Waals surface area contributed by atoms with Crippen LogP contribution in [0.3, 0.4) is 0 Å². The van der Waals surface area contributed by atoms with E-state index in [0.717, 1.165) is 12.8 Å². The van der Waals surface area contributed by atoms with Crippen LogP contribution in [-0.4, -0.2) is 28.9 Å². The highest BCUT2D eigenvalue weighted by molar-refractivity contribution is 5.84. The van der Waals surface area contributed by atoms with Gasteiger partial charge < -0.3 is 16.2 Å². The highest BCUT2D eigenvalue weighted by atomic mass is 16.4. The van der Waals surface area contributed by atoms with Gasteiger partial charge in [0.25, 0.3) is 0 Å². The first kappa shape index (κ1) is 22.4. The number of aliphatic carboxylic acids is 1. The van der Waals surface area contributed by atoms with Crippen molar-refractivity contribution in [3.63, 3.8) is 0 Å². The quantitative estimate of drug-likeness (QED) is 0.397. The predicted octanol–water partition coefficient (Wildman–Crippen LogP) is 2.99. The largest absolute Gasteiger partial charge is 0.480 e. The third kappa shape index (κ3) is 12.9. The van der Waals surface area contributed by atoms with Gasteiger partial charge >= 0.3 is 5.97 Å². The molecule has 2 amide bonds. The van der Waals surface area contributed by atoms with Gasteiger partial charge in [-0.15, -0.1) is 0 Å². The molecule has 24 heavy (non-hydrogen) atoms. The number of nitrogens with one attached hydrogen (secondary N) is 1. The smallest absolute Gasteiger partial charge is 0.326 e. The van der Waals surface area contributed by atoms with Crippen LogP contribution in [0, 0.1) is 5.92 Å². The molecule has 0 heterocycles. The third-order valence-electron chi connectivity index (χ3n) is 4.15. The summed E-state index contributed by atoms with van der Waals surface area (Å²) in [5.41, 5.74) is 5.01. The zero-order chi connectivity index (χ0) is 18.4. The van der Waals surface area contributed by atoms with E-state index in [2.05, 4.69) is 12.2 Å². The molecular formula is C18H34N2O4. The summed E-state index contributed by atoms with van der Waals surface area (Å²) in [6.07, 6.45) is 9.94. The monoisotopic (exact) mass is 342 g/mol. The first-order valence-corrected chi connectivity index (χ1v) is 9.17. The molecule has 0 spiro atoms. The fraction of sp³-hybridized carbons (Fsp3) is 0.833. The van der Waals surface area contributed by atoms with E-state index in [1.54, 1.807) is 0 Å². The highest BCUT2D eigenvalue weighted by Gasteiger charge is 2.21. The zero-order valence-electron chi connectivity index (χ0n) is 15.2. The van der Waals surface area contributed by atoms with E-state index in [1.165, 1.54) is 38.5 Å². The second-order valence-corrected chi connectivity index (χ2v) is 6.68. The van der Waals surface area contributed by atoms with Gasteiger partial charge in [-0.1, -0.05) is 65.2 Å². The Balaban J connectivity index is 3.90. The van der Waals surface area contributed by atoms with Gasteiger partial charge in [0, 0.05) is 12.8 Å². The van der Waals surface area contributed by atoms with Gasteiger partial charge in [0.15, 0.2) is 0 Å². The summed E-state index contributed by atoms with van der Waals surface area (Å²) in [7, 11) is 0. The van der Waals surface area contributed by atoms with Crippen LogP contribution >= 0.6 is 0 Å². The number of carbonyl (C=O) groups excluding carboxylic acids is 2. The number of hydrogen-bond acceptors (Lipinski definition) is 3. The average molecular weight is 342 g/mol. The molecule has 0 rings (SSSR count). The normalized spacial score (nSPS) is 13.2. The number of unbranched alkanes of at least 4 members (excludes halogenated alkanes) is 6. The number of hydrogen-bond donors (Lipinski definition) is 3. The van der Waals surface area contributed by atoms with E-state index < -0.39 is 17.9 Å². The van der Waals surface area contributed by atoms with E-state index in [0.29, 0.717) is 6.42 Å². The van der Waals surface area contributed by atoms with E-state index in [4.69, 9.17) is 10.8 Å². The van der Waals surface area contributed by atoms with Crippen LogP contribution in [0.15, 0.2) is 0 Å². The molecule has 0 radical (unpaired) electrons. The van der Waals surface area contributed by atoms with Crippen LogP contribution in [-0.2, 0) is 14.4 Å². The number of rotatable bonds is 15. The van der Waals surface area contributed by atoms with Gasteiger partial charge in [-0.25, -0.2) is 4.79 Å². The molecule has 6 nitrogen and oxygen atoms in total. The minimum atomic E-state index is -1.13. The van der Waals surface area contributed by atoms with Gasteiger partial charge in [-0.3, -0.25) is 9.59 Å². The molecule has 4 N–H and O–H groups in total. The lowest BCUT2D eigenvalue weighted by atomic mass is 9.98. The van der Waals surface area contributed by atoms with Gasteiger partial charge in [0.2, 0.25) is 11.8 Å². The maximum atomic E-state index is 11.9. The first-order valence-electron chi connectivity index (χ1n) is 9.17. The SMILES string of the molecule is CCCCCCCCCC(C)CC(=O)N[C@@H](CCC(N)=O)C(=O)O. The van der Waals surface area contributed by atoms with Crippen LogP contribution in [0.2, 0.25) is 0 Å². The minimum absolute atomic E-state index is 0.0303. The van der Waals surface area contributed by atoms with Crippen molar-refractivity contribution < 1.29 is 19.5 Å². The van der Waals surface area contributed by atoms with Gasteiger partial charge in [0.1, 0.15) is 6.04 Å². The Morgan fingerprint density at radius 3 is 2.12 bits per heavy atom. The summed E-state index contributed by atoms with van der Waals surface area (Å²) >= 11 is 0. The molecule has 0 aromatic rings. The summed E-state index contributed by atoms with van der Waals surface area (Å²) in [5, 5.41) is 11.5. The number of carboxylic acids is 1. The molecule has 0 fully saturated rings. The molecule has 0 aliphatic carbocycles.